The molecule has 1 aliphatic heterocycles. The summed E-state index contributed by atoms with van der Waals surface area (Å²) in [5, 5.41) is 8.41. The van der Waals surface area contributed by atoms with Crippen LogP contribution in [0.5, 0.6) is 0 Å². The van der Waals surface area contributed by atoms with Gasteiger partial charge in [-0.2, -0.15) is 5.10 Å². The predicted octanol–water partition coefficient (Wildman–Crippen LogP) is 4.57. The van der Waals surface area contributed by atoms with Gasteiger partial charge in [-0.1, -0.05) is 37.3 Å². The highest BCUT2D eigenvalue weighted by molar-refractivity contribution is 6.07. The smallest absolute Gasteiger partial charge is 0.245 e. The molecule has 0 spiro atoms. The summed E-state index contributed by atoms with van der Waals surface area (Å²) in [6.45, 7) is 9.30. The topological polar surface area (TPSA) is 110 Å². The summed E-state index contributed by atoms with van der Waals surface area (Å²) in [7, 11) is 0. The van der Waals surface area contributed by atoms with Gasteiger partial charge in [0, 0.05) is 36.3 Å². The number of aryl methyl sites for hydroxylation is 2. The van der Waals surface area contributed by atoms with Crippen LogP contribution in [-0.4, -0.2) is 54.3 Å². The van der Waals surface area contributed by atoms with Crippen LogP contribution in [0.15, 0.2) is 54.9 Å². The molecule has 1 N–H and O–H groups in total. The normalized spacial score (nSPS) is 21.9. The van der Waals surface area contributed by atoms with Crippen molar-refractivity contribution in [2.45, 2.75) is 72.1 Å². The Labute approximate surface area is 239 Å². The van der Waals surface area contributed by atoms with Gasteiger partial charge in [0.15, 0.2) is 5.78 Å². The number of Topliss-reactive ketones (excluding diaryl/α,β-unsaturated/α-hetero) is 1. The molecule has 41 heavy (non-hydrogen) atoms. The van der Waals surface area contributed by atoms with Gasteiger partial charge in [-0.3, -0.25) is 19.1 Å². The molecule has 0 bridgehead atoms. The quantitative estimate of drug-likeness (QED) is 0.338. The summed E-state index contributed by atoms with van der Waals surface area (Å²) in [6.07, 6.45) is 5.04. The van der Waals surface area contributed by atoms with Crippen LogP contribution in [0.25, 0.3) is 22.0 Å². The van der Waals surface area contributed by atoms with Crippen molar-refractivity contribution < 1.29 is 14.4 Å². The number of nitrogens with one attached hydrogen (secondary N) is 1. The van der Waals surface area contributed by atoms with E-state index in [1.807, 2.05) is 63.2 Å². The SMILES string of the molecule is CC(=O)c1nn(CC(=O)N2[C@H](C(=O)N[C@@H](C)c3ccccc3)C[C@@]3(C)C[C@@H]23)c2c(C)cc(-c3cnc(C)nc3)cc12. The van der Waals surface area contributed by atoms with Gasteiger partial charge in [0.05, 0.1) is 11.6 Å². The van der Waals surface area contributed by atoms with Crippen molar-refractivity contribution in [3.05, 3.63) is 77.5 Å². The Kier molecular flexibility index (Phi) is 6.47. The molecule has 4 atom stereocenters. The second kappa shape index (κ2) is 9.90. The number of aromatic nitrogens is 4. The maximum absolute atomic E-state index is 13.9. The number of hydrogen-bond acceptors (Lipinski definition) is 6. The Morgan fingerprint density at radius 1 is 1.05 bits per heavy atom. The summed E-state index contributed by atoms with van der Waals surface area (Å²) >= 11 is 0. The van der Waals surface area contributed by atoms with Crippen molar-refractivity contribution in [2.24, 2.45) is 5.41 Å². The molecule has 3 heterocycles. The number of carbonyl (C=O) groups excluding carboxylic acids is 3. The van der Waals surface area contributed by atoms with Crippen LogP contribution in [0.1, 0.15) is 67.1 Å². The zero-order chi connectivity index (χ0) is 29.1. The molecule has 210 valence electrons. The first-order valence-corrected chi connectivity index (χ1v) is 14.0. The Hall–Kier alpha value is -4.40. The number of ketones is 1. The number of nitrogens with zero attached hydrogens (tertiary/aromatic N) is 5. The second-order valence-corrected chi connectivity index (χ2v) is 11.8. The van der Waals surface area contributed by atoms with E-state index >= 15 is 0 Å². The summed E-state index contributed by atoms with van der Waals surface area (Å²) in [4.78, 5) is 50.4. The van der Waals surface area contributed by atoms with E-state index in [1.165, 1.54) is 6.92 Å². The van der Waals surface area contributed by atoms with Gasteiger partial charge < -0.3 is 10.2 Å². The monoisotopic (exact) mass is 550 g/mol. The largest absolute Gasteiger partial charge is 0.348 e. The lowest BCUT2D eigenvalue weighted by Crippen LogP contribution is -2.49. The maximum atomic E-state index is 13.9. The third-order valence-corrected chi connectivity index (χ3v) is 8.65. The van der Waals surface area contributed by atoms with Crippen LogP contribution in [0.3, 0.4) is 0 Å². The first-order chi connectivity index (χ1) is 19.6. The molecule has 1 saturated heterocycles. The van der Waals surface area contributed by atoms with Gasteiger partial charge >= 0.3 is 0 Å². The first-order valence-electron chi connectivity index (χ1n) is 14.0. The fourth-order valence-corrected chi connectivity index (χ4v) is 6.31. The molecule has 9 heteroatoms. The van der Waals surface area contributed by atoms with Crippen molar-refractivity contribution in [1.29, 1.82) is 0 Å². The van der Waals surface area contributed by atoms with Crippen LogP contribution < -0.4 is 5.32 Å². The minimum atomic E-state index is -0.541. The molecule has 2 aromatic carbocycles. The van der Waals surface area contributed by atoms with E-state index in [9.17, 15) is 14.4 Å². The van der Waals surface area contributed by atoms with Crippen LogP contribution in [-0.2, 0) is 16.1 Å². The Bertz CT molecular complexity index is 1680. The standard InChI is InChI=1S/C32H34N6O3/c1-18-11-23(24-15-33-21(4)34-16-24)12-25-29(20(3)39)36-37(30(18)25)17-28(40)38-26(13-32(5)14-27(32)38)31(41)35-19(2)22-9-7-6-8-10-22/h6-12,15-16,19,26-27H,13-14,17H2,1-5H3,(H,35,41)/t19-,26-,27+,32-/m0/s1. The van der Waals surface area contributed by atoms with Gasteiger partial charge in [-0.15, -0.1) is 0 Å². The van der Waals surface area contributed by atoms with E-state index in [-0.39, 0.29) is 41.6 Å². The average Bonchev–Trinajstić information content (AvgIpc) is 3.30. The van der Waals surface area contributed by atoms with E-state index in [0.29, 0.717) is 23.3 Å². The number of piperidine rings is 1. The van der Waals surface area contributed by atoms with E-state index in [1.54, 1.807) is 22.0 Å². The van der Waals surface area contributed by atoms with Crippen molar-refractivity contribution >= 4 is 28.5 Å². The number of rotatable bonds is 7. The highest BCUT2D eigenvalue weighted by atomic mass is 16.2. The van der Waals surface area contributed by atoms with E-state index in [4.69, 9.17) is 0 Å². The molecule has 2 aliphatic rings. The zero-order valence-electron chi connectivity index (χ0n) is 24.0. The minimum Gasteiger partial charge on any atom is -0.348 e. The third kappa shape index (κ3) is 4.79. The molecule has 9 nitrogen and oxygen atoms in total. The molecular weight excluding hydrogens is 516 g/mol. The minimum absolute atomic E-state index is 0.0288. The number of hydrogen-bond donors (Lipinski definition) is 1. The van der Waals surface area contributed by atoms with Gasteiger partial charge in [0.2, 0.25) is 11.8 Å². The lowest BCUT2D eigenvalue weighted by Gasteiger charge is -2.28. The van der Waals surface area contributed by atoms with E-state index in [0.717, 1.165) is 34.2 Å². The highest BCUT2D eigenvalue weighted by Gasteiger charge is 2.64. The highest BCUT2D eigenvalue weighted by Crippen LogP contribution is 2.59. The predicted molar refractivity (Wildman–Crippen MR) is 155 cm³/mol. The summed E-state index contributed by atoms with van der Waals surface area (Å²) < 4.78 is 1.62. The molecule has 2 fully saturated rings. The molecule has 0 radical (unpaired) electrons. The van der Waals surface area contributed by atoms with Crippen LogP contribution in [0.2, 0.25) is 0 Å². The fourth-order valence-electron chi connectivity index (χ4n) is 6.31. The third-order valence-electron chi connectivity index (χ3n) is 8.65. The van der Waals surface area contributed by atoms with Crippen molar-refractivity contribution in [1.82, 2.24) is 30.0 Å². The molecule has 0 unspecified atom stereocenters. The number of carbonyl (C=O) groups is 3. The van der Waals surface area contributed by atoms with E-state index < -0.39 is 6.04 Å². The van der Waals surface area contributed by atoms with Crippen LogP contribution in [0, 0.1) is 19.3 Å². The van der Waals surface area contributed by atoms with Gasteiger partial charge in [-0.05, 0) is 67.9 Å². The fraction of sp³-hybridized carbons (Fsp3) is 0.375. The summed E-state index contributed by atoms with van der Waals surface area (Å²) in [5.41, 5.74) is 4.61. The molecule has 2 amide bonds. The molecule has 1 saturated carbocycles. The Balaban J connectivity index is 1.29. The number of benzene rings is 2. The lowest BCUT2D eigenvalue weighted by atomic mass is 10.0. The van der Waals surface area contributed by atoms with Gasteiger partial charge in [0.1, 0.15) is 24.1 Å². The number of fused-ring (bicyclic) bond motifs is 2. The lowest BCUT2D eigenvalue weighted by molar-refractivity contribution is -0.140. The number of amides is 2. The van der Waals surface area contributed by atoms with Gasteiger partial charge in [0.25, 0.3) is 0 Å². The van der Waals surface area contributed by atoms with E-state index in [2.05, 4.69) is 27.3 Å². The Morgan fingerprint density at radius 2 is 1.76 bits per heavy atom. The molecule has 1 aliphatic carbocycles. The summed E-state index contributed by atoms with van der Waals surface area (Å²) in [5.74, 6) is 0.191. The Morgan fingerprint density at radius 3 is 2.44 bits per heavy atom. The summed E-state index contributed by atoms with van der Waals surface area (Å²) in [6, 6.07) is 13.0. The average molecular weight is 551 g/mol. The molecule has 6 rings (SSSR count). The maximum Gasteiger partial charge on any atom is 0.245 e. The number of likely N-dealkylation sites (tertiary alicyclic amines) is 1. The molecule has 2 aromatic heterocycles. The van der Waals surface area contributed by atoms with Gasteiger partial charge in [-0.25, -0.2) is 9.97 Å². The van der Waals surface area contributed by atoms with Crippen molar-refractivity contribution in [3.63, 3.8) is 0 Å². The second-order valence-electron chi connectivity index (χ2n) is 11.8. The van der Waals surface area contributed by atoms with Crippen molar-refractivity contribution in [3.8, 4) is 11.1 Å². The zero-order valence-corrected chi connectivity index (χ0v) is 24.0. The van der Waals surface area contributed by atoms with Crippen LogP contribution >= 0.6 is 0 Å². The first kappa shape index (κ1) is 26.8. The molecular formula is C32H34N6O3. The molecule has 4 aromatic rings. The van der Waals surface area contributed by atoms with Crippen molar-refractivity contribution in [2.75, 3.05) is 0 Å². The van der Waals surface area contributed by atoms with Crippen LogP contribution in [0.4, 0.5) is 0 Å².